The van der Waals surface area contributed by atoms with Crippen molar-refractivity contribution in [3.05, 3.63) is 42.1 Å². The first-order valence-corrected chi connectivity index (χ1v) is 10.6. The third-order valence-corrected chi connectivity index (χ3v) is 8.28. The van der Waals surface area contributed by atoms with Crippen LogP contribution in [0.25, 0.3) is 10.9 Å². The molecule has 6 nitrogen and oxygen atoms in total. The molecular weight excluding hydrogens is 352 g/mol. The number of pyridine rings is 1. The van der Waals surface area contributed by atoms with Crippen molar-refractivity contribution in [2.24, 2.45) is 5.92 Å². The minimum absolute atomic E-state index is 0.0303. The van der Waals surface area contributed by atoms with E-state index in [4.69, 9.17) is 4.74 Å². The number of ether oxygens (including phenoxy) is 1. The molecule has 0 bridgehead atoms. The number of carbonyl (C=O) groups excluding carboxylic acids is 1. The average molecular weight is 374 g/mol. The van der Waals surface area contributed by atoms with Crippen molar-refractivity contribution in [1.82, 2.24) is 9.88 Å². The Balaban J connectivity index is 1.54. The van der Waals surface area contributed by atoms with Crippen LogP contribution < -0.4 is 0 Å². The minimum atomic E-state index is -3.20. The second kappa shape index (κ2) is 6.32. The lowest BCUT2D eigenvalue weighted by atomic mass is 9.83. The largest absolute Gasteiger partial charge is 0.381 e. The Morgan fingerprint density at radius 3 is 2.92 bits per heavy atom. The lowest BCUT2D eigenvalue weighted by molar-refractivity contribution is 0.0271. The van der Waals surface area contributed by atoms with Crippen LogP contribution in [0.1, 0.15) is 23.7 Å². The lowest BCUT2D eigenvalue weighted by Crippen LogP contribution is -2.68. The Hall–Kier alpha value is -1.99. The maximum Gasteiger partial charge on any atom is 0.253 e. The van der Waals surface area contributed by atoms with Gasteiger partial charge in [-0.05, 0) is 37.6 Å². The molecule has 0 N–H and O–H groups in total. The number of sulfone groups is 1. The van der Waals surface area contributed by atoms with Gasteiger partial charge >= 0.3 is 0 Å². The summed E-state index contributed by atoms with van der Waals surface area (Å²) >= 11 is 0. The predicted molar refractivity (Wildman–Crippen MR) is 98.8 cm³/mol. The second-order valence-corrected chi connectivity index (χ2v) is 9.55. The van der Waals surface area contributed by atoms with Crippen molar-refractivity contribution in [3.8, 4) is 0 Å². The Kier molecular flexibility index (Phi) is 4.23. The van der Waals surface area contributed by atoms with Gasteiger partial charge in [-0.1, -0.05) is 6.07 Å². The molecule has 138 valence electrons. The highest BCUT2D eigenvalue weighted by Gasteiger charge is 2.62. The summed E-state index contributed by atoms with van der Waals surface area (Å²) in [6.45, 7) is 3.44. The summed E-state index contributed by atoms with van der Waals surface area (Å²) < 4.78 is 29.9. The summed E-state index contributed by atoms with van der Waals surface area (Å²) in [6, 6.07) is 9.14. The number of hydrogen-bond donors (Lipinski definition) is 0. The normalized spacial score (nSPS) is 23.3. The molecule has 1 aromatic heterocycles. The molecule has 3 heterocycles. The van der Waals surface area contributed by atoms with Gasteiger partial charge in [-0.15, -0.1) is 0 Å². The van der Waals surface area contributed by atoms with Gasteiger partial charge in [0.1, 0.15) is 4.75 Å². The maximum absolute atomic E-state index is 12.8. The van der Waals surface area contributed by atoms with Crippen LogP contribution >= 0.6 is 0 Å². The number of hydrogen-bond acceptors (Lipinski definition) is 5. The van der Waals surface area contributed by atoms with E-state index in [1.807, 2.05) is 31.2 Å². The van der Waals surface area contributed by atoms with Gasteiger partial charge in [0.25, 0.3) is 5.91 Å². The van der Waals surface area contributed by atoms with Crippen molar-refractivity contribution in [2.45, 2.75) is 18.1 Å². The molecule has 26 heavy (non-hydrogen) atoms. The van der Waals surface area contributed by atoms with Crippen LogP contribution in [0.3, 0.4) is 0 Å². The van der Waals surface area contributed by atoms with E-state index in [0.29, 0.717) is 25.2 Å². The summed E-state index contributed by atoms with van der Waals surface area (Å²) in [4.78, 5) is 18.7. The highest BCUT2D eigenvalue weighted by Crippen LogP contribution is 2.45. The molecule has 2 aliphatic heterocycles. The molecule has 2 aromatic rings. The maximum atomic E-state index is 12.8. The SMILES string of the molecule is CCOC[C@@H]1CCS(=O)(=O)C12CN(C(=O)c1ccc3ncccc3c1)C2. The van der Waals surface area contributed by atoms with Gasteiger partial charge in [-0.25, -0.2) is 8.42 Å². The number of fused-ring (bicyclic) bond motifs is 1. The van der Waals surface area contributed by atoms with Gasteiger partial charge in [0, 0.05) is 42.8 Å². The standard InChI is InChI=1S/C19H22N2O4S/c1-2-25-11-16-7-9-26(23,24)19(16)12-21(13-19)18(22)15-5-6-17-14(10-15)4-3-8-20-17/h3-6,8,10,16H,2,7,9,11-13H2,1H3/t16-/m0/s1. The van der Waals surface area contributed by atoms with Crippen molar-refractivity contribution in [3.63, 3.8) is 0 Å². The monoisotopic (exact) mass is 374 g/mol. The topological polar surface area (TPSA) is 76.6 Å². The first-order chi connectivity index (χ1) is 12.5. The summed E-state index contributed by atoms with van der Waals surface area (Å²) in [6.07, 6.45) is 2.33. The molecular formula is C19H22N2O4S. The average Bonchev–Trinajstić information content (AvgIpc) is 2.88. The number of nitrogens with zero attached hydrogens (tertiary/aromatic N) is 2. The molecule has 0 saturated carbocycles. The van der Waals surface area contributed by atoms with E-state index >= 15 is 0 Å². The van der Waals surface area contributed by atoms with E-state index in [9.17, 15) is 13.2 Å². The molecule has 7 heteroatoms. The van der Waals surface area contributed by atoms with Gasteiger partial charge < -0.3 is 9.64 Å². The van der Waals surface area contributed by atoms with E-state index in [1.165, 1.54) is 0 Å². The fraction of sp³-hybridized carbons (Fsp3) is 0.474. The number of likely N-dealkylation sites (tertiary alicyclic amines) is 1. The Labute approximate surface area is 153 Å². The zero-order valence-corrected chi connectivity index (χ0v) is 15.5. The number of amides is 1. The molecule has 1 spiro atoms. The molecule has 0 unspecified atom stereocenters. The molecule has 0 radical (unpaired) electrons. The minimum Gasteiger partial charge on any atom is -0.381 e. The zero-order valence-electron chi connectivity index (χ0n) is 14.7. The third kappa shape index (κ3) is 2.61. The van der Waals surface area contributed by atoms with Gasteiger partial charge in [0.2, 0.25) is 0 Å². The van der Waals surface area contributed by atoms with Crippen LogP contribution in [-0.2, 0) is 14.6 Å². The van der Waals surface area contributed by atoms with E-state index in [-0.39, 0.29) is 30.7 Å². The second-order valence-electron chi connectivity index (χ2n) is 7.10. The van der Waals surface area contributed by atoms with E-state index < -0.39 is 14.6 Å². The summed E-state index contributed by atoms with van der Waals surface area (Å²) in [5.41, 5.74) is 1.40. The van der Waals surface area contributed by atoms with E-state index in [2.05, 4.69) is 4.98 Å². The number of benzene rings is 1. The van der Waals surface area contributed by atoms with Crippen molar-refractivity contribution in [1.29, 1.82) is 0 Å². The van der Waals surface area contributed by atoms with Gasteiger partial charge in [0.15, 0.2) is 9.84 Å². The molecule has 4 rings (SSSR count). The fourth-order valence-corrected chi connectivity index (χ4v) is 6.50. The third-order valence-electron chi connectivity index (χ3n) is 5.68. The first-order valence-electron chi connectivity index (χ1n) is 8.91. The zero-order chi connectivity index (χ0) is 18.4. The molecule has 2 fully saturated rings. The van der Waals surface area contributed by atoms with Crippen LogP contribution in [0.15, 0.2) is 36.5 Å². The Morgan fingerprint density at radius 1 is 1.35 bits per heavy atom. The van der Waals surface area contributed by atoms with Gasteiger partial charge in [-0.2, -0.15) is 0 Å². The molecule has 2 saturated heterocycles. The van der Waals surface area contributed by atoms with Crippen LogP contribution in [0.5, 0.6) is 0 Å². The van der Waals surface area contributed by atoms with Crippen LogP contribution in [0.4, 0.5) is 0 Å². The molecule has 0 aliphatic carbocycles. The smallest absolute Gasteiger partial charge is 0.253 e. The quantitative estimate of drug-likeness (QED) is 0.817. The van der Waals surface area contributed by atoms with E-state index in [1.54, 1.807) is 17.2 Å². The highest BCUT2D eigenvalue weighted by atomic mass is 32.2. The fourth-order valence-electron chi connectivity index (χ4n) is 4.10. The summed E-state index contributed by atoms with van der Waals surface area (Å²) in [5, 5.41) is 0.899. The Morgan fingerprint density at radius 2 is 2.15 bits per heavy atom. The van der Waals surface area contributed by atoms with Gasteiger partial charge in [-0.3, -0.25) is 9.78 Å². The molecule has 1 atom stereocenters. The first kappa shape index (κ1) is 17.4. The molecule has 1 amide bonds. The van der Waals surface area contributed by atoms with Crippen molar-refractivity contribution in [2.75, 3.05) is 32.1 Å². The summed E-state index contributed by atoms with van der Waals surface area (Å²) in [5.74, 6) is 0.0324. The Bertz CT molecular complexity index is 951. The van der Waals surface area contributed by atoms with Crippen LogP contribution in [0.2, 0.25) is 0 Å². The number of rotatable bonds is 4. The predicted octanol–water partition coefficient (Wildman–Crippen LogP) is 1.90. The van der Waals surface area contributed by atoms with E-state index in [0.717, 1.165) is 10.9 Å². The highest BCUT2D eigenvalue weighted by molar-refractivity contribution is 7.93. The van der Waals surface area contributed by atoms with Gasteiger partial charge in [0.05, 0.1) is 17.9 Å². The summed E-state index contributed by atoms with van der Waals surface area (Å²) in [7, 11) is -3.20. The number of aromatic nitrogens is 1. The molecule has 2 aliphatic rings. The van der Waals surface area contributed by atoms with Crippen LogP contribution in [-0.4, -0.2) is 61.0 Å². The van der Waals surface area contributed by atoms with Crippen molar-refractivity contribution >= 4 is 26.6 Å². The van der Waals surface area contributed by atoms with Crippen LogP contribution in [0, 0.1) is 5.92 Å². The number of carbonyl (C=O) groups is 1. The van der Waals surface area contributed by atoms with Crippen molar-refractivity contribution < 1.29 is 17.9 Å². The molecule has 1 aromatic carbocycles. The lowest BCUT2D eigenvalue weighted by Gasteiger charge is -2.49.